The molecule has 0 fully saturated rings. The second-order valence-electron chi connectivity index (χ2n) is 10.2. The summed E-state index contributed by atoms with van der Waals surface area (Å²) in [6.07, 6.45) is -0.239. The number of nitrogens with one attached hydrogen (secondary N) is 1. The van der Waals surface area contributed by atoms with Crippen LogP contribution in [-0.2, 0) is 0 Å². The summed E-state index contributed by atoms with van der Waals surface area (Å²) in [5, 5.41) is 10.8. The van der Waals surface area contributed by atoms with Crippen molar-refractivity contribution in [1.29, 1.82) is 0 Å². The van der Waals surface area contributed by atoms with Gasteiger partial charge >= 0.3 is 0 Å². The molecule has 1 aliphatic heterocycles. The fourth-order valence-corrected chi connectivity index (χ4v) is 6.02. The van der Waals surface area contributed by atoms with E-state index in [0.717, 1.165) is 39.4 Å². The van der Waals surface area contributed by atoms with Crippen molar-refractivity contribution in [3.05, 3.63) is 151 Å². The van der Waals surface area contributed by atoms with Crippen molar-refractivity contribution in [3.63, 3.8) is 0 Å². The Morgan fingerprint density at radius 1 is 0.500 bits per heavy atom. The van der Waals surface area contributed by atoms with E-state index in [1.54, 1.807) is 0 Å². The quantitative estimate of drug-likeness (QED) is 0.237. The van der Waals surface area contributed by atoms with Crippen LogP contribution in [0.2, 0.25) is 0 Å². The first-order chi connectivity index (χ1) is 19.8. The van der Waals surface area contributed by atoms with Crippen molar-refractivity contribution in [3.8, 4) is 5.75 Å². The number of fused-ring (bicyclic) bond motifs is 7. The first-order valence-electron chi connectivity index (χ1n) is 13.6. The first-order valence-corrected chi connectivity index (χ1v) is 13.6. The van der Waals surface area contributed by atoms with Crippen molar-refractivity contribution >= 4 is 55.1 Å². The Morgan fingerprint density at radius 2 is 1.15 bits per heavy atom. The van der Waals surface area contributed by atoms with Gasteiger partial charge in [-0.25, -0.2) is 0 Å². The molecular formula is C37H26N2O. The van der Waals surface area contributed by atoms with Crippen LogP contribution in [0.3, 0.4) is 0 Å². The highest BCUT2D eigenvalue weighted by atomic mass is 16.5. The summed E-state index contributed by atoms with van der Waals surface area (Å²) in [7, 11) is 0. The average Bonchev–Trinajstić information content (AvgIpc) is 3.49. The van der Waals surface area contributed by atoms with Gasteiger partial charge in [-0.2, -0.15) is 0 Å². The third-order valence-electron chi connectivity index (χ3n) is 7.85. The molecule has 7 aromatic rings. The second-order valence-corrected chi connectivity index (χ2v) is 10.2. The molecule has 40 heavy (non-hydrogen) atoms. The Balaban J connectivity index is 1.38. The highest BCUT2D eigenvalue weighted by Crippen LogP contribution is 2.50. The molecule has 0 bridgehead atoms. The van der Waals surface area contributed by atoms with Gasteiger partial charge in [0, 0.05) is 33.1 Å². The van der Waals surface area contributed by atoms with Crippen molar-refractivity contribution in [1.82, 2.24) is 0 Å². The molecule has 0 radical (unpaired) electrons. The lowest BCUT2D eigenvalue weighted by Gasteiger charge is -2.27. The summed E-state index contributed by atoms with van der Waals surface area (Å²) in [4.78, 5) is 2.35. The zero-order valence-corrected chi connectivity index (χ0v) is 21.8. The molecule has 0 aliphatic carbocycles. The Hall–Kier alpha value is -5.28. The standard InChI is InChI=1S/C37H26N2O/c1-3-13-26(14-4-1)37-38-35-32-20-10-9-19-30(32)31-23-22-28(24-33(31)36(35)40-37)39(27-16-5-2-6-17-27)34-21-11-15-25-12-7-8-18-29(25)34/h1-24,37-38H. The molecule has 0 saturated heterocycles. The van der Waals surface area contributed by atoms with Crippen LogP contribution in [0, 0.1) is 0 Å². The summed E-state index contributed by atoms with van der Waals surface area (Å²) in [6, 6.07) is 51.4. The van der Waals surface area contributed by atoms with Crippen LogP contribution in [-0.4, -0.2) is 0 Å². The minimum atomic E-state index is -0.239. The molecule has 7 aromatic carbocycles. The molecule has 3 nitrogen and oxygen atoms in total. The Morgan fingerprint density at radius 3 is 1.98 bits per heavy atom. The summed E-state index contributed by atoms with van der Waals surface area (Å²) in [6.45, 7) is 0. The number of nitrogens with zero attached hydrogens (tertiary/aromatic N) is 1. The monoisotopic (exact) mass is 514 g/mol. The lowest BCUT2D eigenvalue weighted by atomic mass is 9.98. The predicted octanol–water partition coefficient (Wildman–Crippen LogP) is 10.1. The maximum Gasteiger partial charge on any atom is 0.196 e. The smallest absolute Gasteiger partial charge is 0.196 e. The van der Waals surface area contributed by atoms with Gasteiger partial charge in [-0.05, 0) is 46.5 Å². The molecule has 0 spiro atoms. The summed E-state index contributed by atoms with van der Waals surface area (Å²) >= 11 is 0. The largest absolute Gasteiger partial charge is 0.464 e. The van der Waals surface area contributed by atoms with Crippen LogP contribution in [0.5, 0.6) is 5.75 Å². The van der Waals surface area contributed by atoms with E-state index in [9.17, 15) is 0 Å². The van der Waals surface area contributed by atoms with Crippen LogP contribution in [0.4, 0.5) is 22.7 Å². The minimum Gasteiger partial charge on any atom is -0.464 e. The summed E-state index contributed by atoms with van der Waals surface area (Å²) in [5.74, 6) is 0.898. The lowest BCUT2D eigenvalue weighted by molar-refractivity contribution is 0.262. The van der Waals surface area contributed by atoms with Crippen LogP contribution in [0.25, 0.3) is 32.3 Å². The molecule has 1 aliphatic rings. The number of anilines is 4. The van der Waals surface area contributed by atoms with Gasteiger partial charge in [-0.3, -0.25) is 0 Å². The summed E-state index contributed by atoms with van der Waals surface area (Å²) in [5.41, 5.74) is 5.48. The molecule has 3 heteroatoms. The fourth-order valence-electron chi connectivity index (χ4n) is 6.02. The molecule has 1 N–H and O–H groups in total. The molecule has 0 aromatic heterocycles. The van der Waals surface area contributed by atoms with Crippen LogP contribution < -0.4 is 15.0 Å². The maximum absolute atomic E-state index is 6.70. The SMILES string of the molecule is c1ccc(C2Nc3c(c4cc(N(c5ccccc5)c5cccc6ccccc56)ccc4c4ccccc34)O2)cc1. The van der Waals surface area contributed by atoms with Crippen LogP contribution >= 0.6 is 0 Å². The van der Waals surface area contributed by atoms with Gasteiger partial charge in [-0.15, -0.1) is 0 Å². The van der Waals surface area contributed by atoms with Crippen molar-refractivity contribution < 1.29 is 4.74 Å². The molecular weight excluding hydrogens is 488 g/mol. The third-order valence-corrected chi connectivity index (χ3v) is 7.85. The molecule has 1 heterocycles. The second kappa shape index (κ2) is 9.18. The van der Waals surface area contributed by atoms with Gasteiger partial charge in [0.1, 0.15) is 0 Å². The maximum atomic E-state index is 6.70. The molecule has 0 saturated carbocycles. The van der Waals surface area contributed by atoms with E-state index in [1.165, 1.54) is 26.9 Å². The van der Waals surface area contributed by atoms with Crippen molar-refractivity contribution in [2.75, 3.05) is 10.2 Å². The Labute approximate surface area is 232 Å². The zero-order chi connectivity index (χ0) is 26.5. The van der Waals surface area contributed by atoms with E-state index in [1.807, 2.05) is 6.07 Å². The minimum absolute atomic E-state index is 0.239. The first kappa shape index (κ1) is 22.7. The van der Waals surface area contributed by atoms with Gasteiger partial charge in [-0.1, -0.05) is 115 Å². The van der Waals surface area contributed by atoms with Gasteiger partial charge < -0.3 is 15.0 Å². The van der Waals surface area contributed by atoms with Crippen molar-refractivity contribution in [2.24, 2.45) is 0 Å². The Kier molecular flexibility index (Phi) is 5.20. The van der Waals surface area contributed by atoms with E-state index in [2.05, 4.69) is 150 Å². The average molecular weight is 515 g/mol. The third kappa shape index (κ3) is 3.59. The van der Waals surface area contributed by atoms with E-state index < -0.39 is 0 Å². The number of benzene rings is 7. The molecule has 1 unspecified atom stereocenters. The van der Waals surface area contributed by atoms with Gasteiger partial charge in [0.2, 0.25) is 0 Å². The topological polar surface area (TPSA) is 24.5 Å². The number of para-hydroxylation sites is 1. The van der Waals surface area contributed by atoms with Crippen LogP contribution in [0.15, 0.2) is 146 Å². The van der Waals surface area contributed by atoms with E-state index in [0.29, 0.717) is 0 Å². The molecule has 8 rings (SSSR count). The molecule has 0 amide bonds. The van der Waals surface area contributed by atoms with E-state index in [4.69, 9.17) is 4.74 Å². The van der Waals surface area contributed by atoms with Gasteiger partial charge in [0.15, 0.2) is 12.0 Å². The van der Waals surface area contributed by atoms with Gasteiger partial charge in [0.05, 0.1) is 11.4 Å². The number of rotatable bonds is 4. The highest BCUT2D eigenvalue weighted by molar-refractivity contribution is 6.18. The normalized spacial score (nSPS) is 14.2. The number of ether oxygens (including phenoxy) is 1. The highest BCUT2D eigenvalue weighted by Gasteiger charge is 2.28. The molecule has 1 atom stereocenters. The fraction of sp³-hybridized carbons (Fsp3) is 0.0270. The predicted molar refractivity (Wildman–Crippen MR) is 167 cm³/mol. The zero-order valence-electron chi connectivity index (χ0n) is 21.8. The van der Waals surface area contributed by atoms with Crippen molar-refractivity contribution in [2.45, 2.75) is 6.23 Å². The number of hydrogen-bond acceptors (Lipinski definition) is 3. The van der Waals surface area contributed by atoms with E-state index in [-0.39, 0.29) is 6.23 Å². The van der Waals surface area contributed by atoms with E-state index >= 15 is 0 Å². The lowest BCUT2D eigenvalue weighted by Crippen LogP contribution is -2.10. The number of hydrogen-bond donors (Lipinski definition) is 1. The summed E-state index contributed by atoms with van der Waals surface area (Å²) < 4.78 is 6.70. The molecule has 190 valence electrons. The van der Waals surface area contributed by atoms with Crippen LogP contribution in [0.1, 0.15) is 11.8 Å². The van der Waals surface area contributed by atoms with Gasteiger partial charge in [0.25, 0.3) is 0 Å². The Bertz CT molecular complexity index is 2010.